The second-order valence-electron chi connectivity index (χ2n) is 8.04. The average Bonchev–Trinajstić information content (AvgIpc) is 3.38. The van der Waals surface area contributed by atoms with Gasteiger partial charge in [0.15, 0.2) is 11.5 Å². The number of benzene rings is 2. The topological polar surface area (TPSA) is 101 Å². The average molecular weight is 429 g/mol. The van der Waals surface area contributed by atoms with Crippen LogP contribution in [0.2, 0.25) is 0 Å². The minimum absolute atomic E-state index is 0.0189. The largest absolute Gasteiger partial charge is 0.481 e. The van der Waals surface area contributed by atoms with Crippen LogP contribution in [0, 0.1) is 0 Å². The Morgan fingerprint density at radius 2 is 1.97 bits per heavy atom. The second kappa shape index (κ2) is 6.71. The van der Waals surface area contributed by atoms with E-state index in [1.54, 1.807) is 19.4 Å². The van der Waals surface area contributed by atoms with Gasteiger partial charge in [-0.3, -0.25) is 15.5 Å². The van der Waals surface area contributed by atoms with Gasteiger partial charge in [0.2, 0.25) is 18.6 Å². The van der Waals surface area contributed by atoms with Gasteiger partial charge in [-0.1, -0.05) is 24.3 Å². The van der Waals surface area contributed by atoms with E-state index in [0.717, 1.165) is 27.9 Å². The van der Waals surface area contributed by atoms with Gasteiger partial charge in [0.25, 0.3) is 5.84 Å². The maximum absolute atomic E-state index is 14.2. The summed E-state index contributed by atoms with van der Waals surface area (Å²) in [4.78, 5) is 23.5. The lowest BCUT2D eigenvalue weighted by Crippen LogP contribution is -2.83. The first-order chi connectivity index (χ1) is 15.6. The Hall–Kier alpha value is -4.07. The van der Waals surface area contributed by atoms with Gasteiger partial charge in [0.1, 0.15) is 12.0 Å². The molecular weight excluding hydrogens is 408 g/mol. The predicted octanol–water partition coefficient (Wildman–Crippen LogP) is 0.451. The van der Waals surface area contributed by atoms with Crippen LogP contribution in [-0.4, -0.2) is 37.2 Å². The molecule has 2 aromatic carbocycles. The first-order valence-electron chi connectivity index (χ1n) is 10.3. The Kier molecular flexibility index (Phi) is 3.92. The van der Waals surface area contributed by atoms with Crippen LogP contribution in [0.15, 0.2) is 54.7 Å². The lowest BCUT2D eigenvalue weighted by molar-refractivity contribution is -0.466. The summed E-state index contributed by atoms with van der Waals surface area (Å²) in [5.74, 6) is 2.29. The van der Waals surface area contributed by atoms with Gasteiger partial charge in [0, 0.05) is 18.0 Å². The first kappa shape index (κ1) is 18.7. The minimum Gasteiger partial charge on any atom is -0.481 e. The molecule has 0 saturated carbocycles. The molecule has 4 heterocycles. The van der Waals surface area contributed by atoms with Crippen molar-refractivity contribution in [2.24, 2.45) is 5.73 Å². The fourth-order valence-corrected chi connectivity index (χ4v) is 4.86. The van der Waals surface area contributed by atoms with Crippen LogP contribution in [0.1, 0.15) is 22.3 Å². The molecule has 0 bridgehead atoms. The molecule has 160 valence electrons. The van der Waals surface area contributed by atoms with Crippen molar-refractivity contribution in [1.29, 1.82) is 0 Å². The highest BCUT2D eigenvalue weighted by molar-refractivity contribution is 6.13. The Bertz CT molecular complexity index is 1290. The number of ether oxygens (including phenoxy) is 3. The van der Waals surface area contributed by atoms with Crippen molar-refractivity contribution in [3.63, 3.8) is 0 Å². The minimum atomic E-state index is -0.921. The molecule has 32 heavy (non-hydrogen) atoms. The molecule has 3 aromatic rings. The summed E-state index contributed by atoms with van der Waals surface area (Å²) in [6.07, 6.45) is 1.73. The summed E-state index contributed by atoms with van der Waals surface area (Å²) in [5, 5.41) is 0. The predicted molar refractivity (Wildman–Crippen MR) is 116 cm³/mol. The van der Waals surface area contributed by atoms with Crippen molar-refractivity contribution in [3.8, 4) is 17.4 Å². The Morgan fingerprint density at radius 1 is 1.16 bits per heavy atom. The van der Waals surface area contributed by atoms with Crippen LogP contribution in [-0.2, 0) is 16.8 Å². The lowest BCUT2D eigenvalue weighted by atomic mass is 9.71. The third-order valence-electron chi connectivity index (χ3n) is 6.42. The zero-order valence-corrected chi connectivity index (χ0v) is 17.4. The molecule has 0 radical (unpaired) electrons. The van der Waals surface area contributed by atoms with E-state index in [9.17, 15) is 4.79 Å². The van der Waals surface area contributed by atoms with Crippen LogP contribution in [0.25, 0.3) is 0 Å². The van der Waals surface area contributed by atoms with E-state index in [-0.39, 0.29) is 12.7 Å². The van der Waals surface area contributed by atoms with E-state index < -0.39 is 5.41 Å². The Balaban J connectivity index is 1.50. The number of fused-ring (bicyclic) bond motifs is 5. The number of nitrogens with one attached hydrogen (secondary N) is 1. The van der Waals surface area contributed by atoms with Gasteiger partial charge in [0.05, 0.1) is 19.2 Å². The molecule has 6 rings (SSSR count). The summed E-state index contributed by atoms with van der Waals surface area (Å²) in [6, 6.07) is 15.4. The number of rotatable bonds is 3. The zero-order valence-electron chi connectivity index (χ0n) is 17.4. The summed E-state index contributed by atoms with van der Waals surface area (Å²) in [5.41, 5.74) is 9.69. The molecule has 1 aromatic heterocycles. The lowest BCUT2D eigenvalue weighted by Gasteiger charge is -2.31. The third-order valence-corrected chi connectivity index (χ3v) is 6.42. The maximum atomic E-state index is 14.2. The first-order valence-corrected chi connectivity index (χ1v) is 10.3. The number of aromatic nitrogens is 1. The number of hydrogen-bond acceptors (Lipinski definition) is 6. The van der Waals surface area contributed by atoms with Crippen LogP contribution < -0.4 is 29.8 Å². The summed E-state index contributed by atoms with van der Waals surface area (Å²) < 4.78 is 16.3. The van der Waals surface area contributed by atoms with Crippen molar-refractivity contribution < 1.29 is 24.0 Å². The Labute approximate surface area is 184 Å². The molecule has 1 atom stereocenters. The molecular formula is C24H21N4O4+. The number of amides is 1. The van der Waals surface area contributed by atoms with E-state index >= 15 is 0 Å². The van der Waals surface area contributed by atoms with Crippen LogP contribution >= 0.6 is 0 Å². The number of hydrogen-bond donors (Lipinski definition) is 2. The number of para-hydroxylation sites is 1. The van der Waals surface area contributed by atoms with Crippen LogP contribution in [0.4, 0.5) is 5.69 Å². The molecule has 8 heteroatoms. The number of pyridine rings is 1. The van der Waals surface area contributed by atoms with Crippen molar-refractivity contribution in [2.75, 3.05) is 25.3 Å². The van der Waals surface area contributed by atoms with Crippen molar-refractivity contribution >= 4 is 17.4 Å². The molecule has 0 fully saturated rings. The van der Waals surface area contributed by atoms with E-state index in [0.29, 0.717) is 36.3 Å². The van der Waals surface area contributed by atoms with Gasteiger partial charge in [-0.05, 0) is 34.9 Å². The van der Waals surface area contributed by atoms with E-state index in [2.05, 4.69) is 9.98 Å². The van der Waals surface area contributed by atoms with Crippen molar-refractivity contribution in [3.05, 3.63) is 77.0 Å². The quantitative estimate of drug-likeness (QED) is 0.627. The SMILES string of the molecule is COc1ccc(CN2C(=O)C3(C[NH+]=C(N)c4cc5c(cc43)OCO5)c3ccccc32)cn1. The summed E-state index contributed by atoms with van der Waals surface area (Å²) in [7, 11) is 1.58. The smallest absolute Gasteiger partial charge is 0.273 e. The highest BCUT2D eigenvalue weighted by atomic mass is 16.7. The number of methoxy groups -OCH3 is 1. The third kappa shape index (κ3) is 2.46. The van der Waals surface area contributed by atoms with Crippen LogP contribution in [0.3, 0.4) is 0 Å². The fourth-order valence-electron chi connectivity index (χ4n) is 4.86. The maximum Gasteiger partial charge on any atom is 0.273 e. The summed E-state index contributed by atoms with van der Waals surface area (Å²) in [6.45, 7) is 0.909. The van der Waals surface area contributed by atoms with E-state index in [1.807, 2.05) is 47.4 Å². The van der Waals surface area contributed by atoms with Gasteiger partial charge in [-0.25, -0.2) is 4.98 Å². The van der Waals surface area contributed by atoms with Crippen LogP contribution in [0.5, 0.6) is 17.4 Å². The molecule has 3 aliphatic heterocycles. The summed E-state index contributed by atoms with van der Waals surface area (Å²) >= 11 is 0. The number of nitrogens with two attached hydrogens (primary N) is 1. The second-order valence-corrected chi connectivity index (χ2v) is 8.04. The number of carbonyl (C=O) groups excluding carboxylic acids is 1. The fraction of sp³-hybridized carbons (Fsp3) is 0.208. The number of nitrogen functional groups attached to an aromatic ring is 1. The van der Waals surface area contributed by atoms with Gasteiger partial charge in [-0.15, -0.1) is 0 Å². The number of carbonyl (C=O) groups is 1. The molecule has 1 spiro atoms. The molecule has 3 aliphatic rings. The highest BCUT2D eigenvalue weighted by Crippen LogP contribution is 2.49. The standard InChI is InChI=1S/C24H20N4O4/c1-30-21-7-6-14(10-26-21)11-28-18-5-3-2-4-16(18)24(23(28)29)12-27-22(25)15-8-19-20(9-17(15)24)32-13-31-19/h2-10H,11-13H2,1H3,(H2,25,27)/p+1. The molecule has 1 amide bonds. The zero-order chi connectivity index (χ0) is 21.9. The van der Waals surface area contributed by atoms with E-state index in [1.165, 1.54) is 0 Å². The van der Waals surface area contributed by atoms with Gasteiger partial charge < -0.3 is 19.1 Å². The highest BCUT2D eigenvalue weighted by Gasteiger charge is 2.56. The monoisotopic (exact) mass is 429 g/mol. The Morgan fingerprint density at radius 3 is 2.75 bits per heavy atom. The number of anilines is 1. The van der Waals surface area contributed by atoms with Crippen molar-refractivity contribution in [2.45, 2.75) is 12.0 Å². The number of amidine groups is 1. The molecule has 3 N–H and O–H groups in total. The van der Waals surface area contributed by atoms with Crippen molar-refractivity contribution in [1.82, 2.24) is 4.98 Å². The molecule has 0 saturated heterocycles. The van der Waals surface area contributed by atoms with Gasteiger partial charge >= 0.3 is 0 Å². The molecule has 0 aliphatic carbocycles. The molecule has 1 unspecified atom stereocenters. The molecule has 8 nitrogen and oxygen atoms in total. The van der Waals surface area contributed by atoms with E-state index in [4.69, 9.17) is 19.9 Å². The number of nitrogens with zero attached hydrogens (tertiary/aromatic N) is 2. The normalized spacial score (nSPS) is 20.2. The van der Waals surface area contributed by atoms with Gasteiger partial charge in [-0.2, -0.15) is 0 Å².